The molecule has 6 rings (SSSR count). The molecule has 4 aromatic carbocycles. The first kappa shape index (κ1) is 26.8. The van der Waals surface area contributed by atoms with E-state index in [-0.39, 0.29) is 0 Å². The van der Waals surface area contributed by atoms with Gasteiger partial charge in [0.2, 0.25) is 11.2 Å². The second kappa shape index (κ2) is 11.1. The average molecular weight is 541 g/mol. The molecule has 1 aromatic heterocycles. The fourth-order valence-corrected chi connectivity index (χ4v) is 5.34. The Hall–Kier alpha value is -3.78. The quantitative estimate of drug-likeness (QED) is 0.258. The molecule has 1 heterocycles. The van der Waals surface area contributed by atoms with E-state index >= 15 is 0 Å². The molecule has 198 valence electrons. The molecular formula is C32H29ClN2O4. The second-order valence-electron chi connectivity index (χ2n) is 9.80. The van der Waals surface area contributed by atoms with Crippen molar-refractivity contribution in [2.45, 2.75) is 19.3 Å². The number of rotatable bonds is 3. The Balaban J connectivity index is 0.000000567. The molecule has 0 N–H and O–H groups in total. The van der Waals surface area contributed by atoms with Crippen molar-refractivity contribution >= 4 is 39.0 Å². The molecule has 1 aliphatic rings. The standard InChI is InChI=1S/C32H29N2.ClHO4/c1-33(2)27-18-15-23(16-19-27)21-25-10-8-11-26-22-34(28-12-4-3-5-13-28)30-20-17-24-9-6-7-14-29(24)32(30)31(25)26;2-1(3,4)5/h3-7,9,12-22H,8,10-11H2,1-2H3;(H,2,3,4,5)/q+1;/p-1. The van der Waals surface area contributed by atoms with Gasteiger partial charge in [0.25, 0.3) is 0 Å². The summed E-state index contributed by atoms with van der Waals surface area (Å²) in [5, 5.41) is 4.00. The molecule has 0 amide bonds. The fraction of sp³-hybridized carbons (Fsp3) is 0.156. The lowest BCUT2D eigenvalue weighted by Crippen LogP contribution is -2.68. The molecule has 0 bridgehead atoms. The van der Waals surface area contributed by atoms with Crippen LogP contribution in [0.2, 0.25) is 0 Å². The van der Waals surface area contributed by atoms with Gasteiger partial charge in [0.15, 0.2) is 6.20 Å². The summed E-state index contributed by atoms with van der Waals surface area (Å²) >= 11 is 0. The van der Waals surface area contributed by atoms with Gasteiger partial charge in [0, 0.05) is 49.1 Å². The highest BCUT2D eigenvalue weighted by Gasteiger charge is 2.26. The monoisotopic (exact) mass is 540 g/mol. The van der Waals surface area contributed by atoms with Gasteiger partial charge in [-0.25, -0.2) is 18.6 Å². The van der Waals surface area contributed by atoms with E-state index in [9.17, 15) is 0 Å². The van der Waals surface area contributed by atoms with Gasteiger partial charge in [-0.15, -0.1) is 10.2 Å². The first-order valence-electron chi connectivity index (χ1n) is 12.7. The zero-order valence-corrected chi connectivity index (χ0v) is 22.6. The summed E-state index contributed by atoms with van der Waals surface area (Å²) in [6.07, 6.45) is 8.18. The molecule has 0 fully saturated rings. The number of para-hydroxylation sites is 1. The van der Waals surface area contributed by atoms with E-state index in [0.29, 0.717) is 0 Å². The van der Waals surface area contributed by atoms with Gasteiger partial charge < -0.3 is 4.90 Å². The first-order valence-corrected chi connectivity index (χ1v) is 14.0. The summed E-state index contributed by atoms with van der Waals surface area (Å²) in [5.41, 5.74) is 9.28. The lowest BCUT2D eigenvalue weighted by molar-refractivity contribution is -2.00. The highest BCUT2D eigenvalue weighted by atomic mass is 35.7. The van der Waals surface area contributed by atoms with Crippen molar-refractivity contribution in [2.24, 2.45) is 0 Å². The Morgan fingerprint density at radius 3 is 2.13 bits per heavy atom. The molecule has 39 heavy (non-hydrogen) atoms. The number of anilines is 1. The van der Waals surface area contributed by atoms with E-state index in [1.807, 2.05) is 0 Å². The molecule has 1 aliphatic carbocycles. The third-order valence-electron chi connectivity index (χ3n) is 7.02. The van der Waals surface area contributed by atoms with Crippen LogP contribution in [0.25, 0.3) is 39.0 Å². The molecule has 0 radical (unpaired) electrons. The van der Waals surface area contributed by atoms with Crippen molar-refractivity contribution in [3.8, 4) is 5.69 Å². The summed E-state index contributed by atoms with van der Waals surface area (Å²) in [6, 6.07) is 33.0. The maximum absolute atomic E-state index is 8.49. The van der Waals surface area contributed by atoms with Crippen LogP contribution in [0.4, 0.5) is 5.69 Å². The zero-order chi connectivity index (χ0) is 27.6. The molecule has 0 spiro atoms. The van der Waals surface area contributed by atoms with Crippen molar-refractivity contribution in [3.05, 3.63) is 114 Å². The Bertz CT molecular complexity index is 1640. The molecule has 0 atom stereocenters. The van der Waals surface area contributed by atoms with Gasteiger partial charge in [0.1, 0.15) is 0 Å². The second-order valence-corrected chi connectivity index (χ2v) is 10.6. The number of hydrogen-bond donors (Lipinski definition) is 0. The third-order valence-corrected chi connectivity index (χ3v) is 7.02. The van der Waals surface area contributed by atoms with Crippen LogP contribution in [0.15, 0.2) is 97.2 Å². The molecule has 0 aliphatic heterocycles. The van der Waals surface area contributed by atoms with E-state index in [1.54, 1.807) is 0 Å². The van der Waals surface area contributed by atoms with E-state index in [4.69, 9.17) is 18.6 Å². The lowest BCUT2D eigenvalue weighted by atomic mass is 9.83. The number of halogens is 1. The third kappa shape index (κ3) is 6.11. The molecule has 0 saturated carbocycles. The molecule has 0 saturated heterocycles. The molecule has 0 unspecified atom stereocenters. The van der Waals surface area contributed by atoms with E-state index in [1.165, 1.54) is 61.7 Å². The van der Waals surface area contributed by atoms with Gasteiger partial charge in [-0.2, -0.15) is 4.57 Å². The molecular weight excluding hydrogens is 512 g/mol. The zero-order valence-electron chi connectivity index (χ0n) is 21.8. The van der Waals surface area contributed by atoms with Crippen molar-refractivity contribution in [2.75, 3.05) is 19.0 Å². The Morgan fingerprint density at radius 1 is 0.769 bits per heavy atom. The van der Waals surface area contributed by atoms with Crippen LogP contribution >= 0.6 is 0 Å². The topological polar surface area (TPSA) is 99.4 Å². The van der Waals surface area contributed by atoms with Crippen LogP contribution in [0.3, 0.4) is 0 Å². The van der Waals surface area contributed by atoms with Crippen LogP contribution in [-0.2, 0) is 6.42 Å². The van der Waals surface area contributed by atoms with Crippen LogP contribution in [0.5, 0.6) is 0 Å². The fourth-order valence-electron chi connectivity index (χ4n) is 5.34. The number of aromatic nitrogens is 1. The van der Waals surface area contributed by atoms with Crippen molar-refractivity contribution in [1.29, 1.82) is 0 Å². The van der Waals surface area contributed by atoms with E-state index < -0.39 is 10.2 Å². The average Bonchev–Trinajstić information content (AvgIpc) is 2.92. The van der Waals surface area contributed by atoms with Gasteiger partial charge in [0.05, 0.1) is 5.39 Å². The van der Waals surface area contributed by atoms with E-state index in [0.717, 1.165) is 12.8 Å². The predicted octanol–water partition coefficient (Wildman–Crippen LogP) is 2.46. The maximum Gasteiger partial charge on any atom is 0.219 e. The van der Waals surface area contributed by atoms with Crippen molar-refractivity contribution in [1.82, 2.24) is 0 Å². The Morgan fingerprint density at radius 2 is 1.44 bits per heavy atom. The van der Waals surface area contributed by atoms with Gasteiger partial charge >= 0.3 is 0 Å². The van der Waals surface area contributed by atoms with Crippen LogP contribution in [0.1, 0.15) is 29.5 Å². The number of pyridine rings is 1. The predicted molar refractivity (Wildman–Crippen MR) is 145 cm³/mol. The van der Waals surface area contributed by atoms with Crippen LogP contribution in [-0.4, -0.2) is 14.1 Å². The first-order chi connectivity index (χ1) is 18.7. The molecule has 6 nitrogen and oxygen atoms in total. The van der Waals surface area contributed by atoms with Gasteiger partial charge in [-0.1, -0.05) is 60.7 Å². The minimum atomic E-state index is -4.94. The van der Waals surface area contributed by atoms with E-state index in [2.05, 4.69) is 127 Å². The highest BCUT2D eigenvalue weighted by molar-refractivity contribution is 6.12. The maximum atomic E-state index is 8.49. The largest absolute Gasteiger partial charge is 0.378 e. The number of aryl methyl sites for hydroxylation is 1. The summed E-state index contributed by atoms with van der Waals surface area (Å²) in [4.78, 5) is 2.15. The number of fused-ring (bicyclic) bond motifs is 5. The number of nitrogens with zero attached hydrogens (tertiary/aromatic N) is 2. The van der Waals surface area contributed by atoms with Crippen molar-refractivity contribution in [3.63, 3.8) is 0 Å². The van der Waals surface area contributed by atoms with Crippen molar-refractivity contribution < 1.29 is 33.4 Å². The minimum Gasteiger partial charge on any atom is -0.378 e. The van der Waals surface area contributed by atoms with Gasteiger partial charge in [-0.3, -0.25) is 0 Å². The SMILES string of the molecule is CN(C)c1ccc(/C=C2/CCCc3c[n+](-c4ccccc4)c4ccc5ccccc5c4c32)cc1.[O-][Cl+3]([O-])([O-])[O-]. The highest BCUT2D eigenvalue weighted by Crippen LogP contribution is 2.39. The minimum absolute atomic E-state index is 1.11. The van der Waals surface area contributed by atoms with Crippen LogP contribution in [0, 0.1) is 10.2 Å². The summed E-state index contributed by atoms with van der Waals surface area (Å²) < 4.78 is 36.4. The Labute approximate surface area is 230 Å². The lowest BCUT2D eigenvalue weighted by Gasteiger charge is -2.21. The normalized spacial score (nSPS) is 14.2. The number of benzene rings is 4. The summed E-state index contributed by atoms with van der Waals surface area (Å²) in [5.74, 6) is 0. The number of hydrogen-bond acceptors (Lipinski definition) is 5. The summed E-state index contributed by atoms with van der Waals surface area (Å²) in [7, 11) is -0.770. The summed E-state index contributed by atoms with van der Waals surface area (Å²) in [6.45, 7) is 0. The Kier molecular flexibility index (Phi) is 7.66. The number of allylic oxidation sites excluding steroid dienone is 1. The molecule has 7 heteroatoms. The molecule has 5 aromatic rings. The smallest absolute Gasteiger partial charge is 0.219 e. The van der Waals surface area contributed by atoms with Crippen LogP contribution < -0.4 is 28.1 Å². The van der Waals surface area contributed by atoms with Gasteiger partial charge in [-0.05, 0) is 59.4 Å².